The SMILES string of the molecule is Cc1noc(C)c1CS[C@@H](C)C(N)=O. The number of aryl methyl sites for hydroxylation is 2. The van der Waals surface area contributed by atoms with E-state index in [1.54, 1.807) is 6.92 Å². The molecule has 0 aliphatic heterocycles. The Balaban J connectivity index is 2.57. The number of carbonyl (C=O) groups is 1. The Bertz CT molecular complexity index is 316. The van der Waals surface area contributed by atoms with Crippen LogP contribution in [0.3, 0.4) is 0 Å². The lowest BCUT2D eigenvalue weighted by molar-refractivity contribution is -0.117. The molecule has 1 atom stereocenters. The average Bonchev–Trinajstić information content (AvgIpc) is 2.43. The van der Waals surface area contributed by atoms with E-state index in [2.05, 4.69) is 5.16 Å². The number of aromatic nitrogens is 1. The molecule has 0 aliphatic rings. The third-order valence-corrected chi connectivity index (χ3v) is 3.25. The molecule has 0 bridgehead atoms. The zero-order chi connectivity index (χ0) is 10.7. The smallest absolute Gasteiger partial charge is 0.230 e. The maximum atomic E-state index is 10.8. The molecule has 1 heterocycles. The van der Waals surface area contributed by atoms with E-state index >= 15 is 0 Å². The van der Waals surface area contributed by atoms with Gasteiger partial charge in [0.25, 0.3) is 0 Å². The minimum Gasteiger partial charge on any atom is -0.369 e. The van der Waals surface area contributed by atoms with Gasteiger partial charge in [-0.1, -0.05) is 5.16 Å². The molecule has 1 aromatic heterocycles. The number of nitrogens with zero attached hydrogens (tertiary/aromatic N) is 1. The number of hydrogen-bond acceptors (Lipinski definition) is 4. The van der Waals surface area contributed by atoms with E-state index in [1.165, 1.54) is 11.8 Å². The molecule has 0 unspecified atom stereocenters. The van der Waals surface area contributed by atoms with Gasteiger partial charge in [0, 0.05) is 11.3 Å². The third kappa shape index (κ3) is 2.51. The normalized spacial score (nSPS) is 12.8. The van der Waals surface area contributed by atoms with Gasteiger partial charge >= 0.3 is 0 Å². The second-order valence-corrected chi connectivity index (χ2v) is 4.49. The molecular weight excluding hydrogens is 200 g/mol. The summed E-state index contributed by atoms with van der Waals surface area (Å²) in [5, 5.41) is 3.66. The van der Waals surface area contributed by atoms with Gasteiger partial charge in [0.1, 0.15) is 5.76 Å². The van der Waals surface area contributed by atoms with Crippen LogP contribution in [0.15, 0.2) is 4.52 Å². The Morgan fingerprint density at radius 3 is 2.71 bits per heavy atom. The maximum absolute atomic E-state index is 10.8. The highest BCUT2D eigenvalue weighted by atomic mass is 32.2. The van der Waals surface area contributed by atoms with Gasteiger partial charge in [-0.25, -0.2) is 0 Å². The van der Waals surface area contributed by atoms with E-state index in [4.69, 9.17) is 10.3 Å². The van der Waals surface area contributed by atoms with Gasteiger partial charge in [-0.05, 0) is 20.8 Å². The fraction of sp³-hybridized carbons (Fsp3) is 0.556. The van der Waals surface area contributed by atoms with Gasteiger partial charge in [-0.15, -0.1) is 11.8 Å². The number of hydrogen-bond donors (Lipinski definition) is 1. The molecule has 0 aliphatic carbocycles. The lowest BCUT2D eigenvalue weighted by atomic mass is 10.2. The fourth-order valence-corrected chi connectivity index (χ4v) is 1.99. The summed E-state index contributed by atoms with van der Waals surface area (Å²) in [7, 11) is 0. The van der Waals surface area contributed by atoms with Crippen molar-refractivity contribution in [3.05, 3.63) is 17.0 Å². The van der Waals surface area contributed by atoms with E-state index in [-0.39, 0.29) is 11.2 Å². The first-order chi connectivity index (χ1) is 6.52. The molecule has 0 saturated carbocycles. The van der Waals surface area contributed by atoms with Crippen molar-refractivity contribution in [1.29, 1.82) is 0 Å². The third-order valence-electron chi connectivity index (χ3n) is 2.06. The van der Waals surface area contributed by atoms with Crippen molar-refractivity contribution < 1.29 is 9.32 Å². The van der Waals surface area contributed by atoms with Gasteiger partial charge < -0.3 is 10.3 Å². The number of carbonyl (C=O) groups excluding carboxylic acids is 1. The minimum absolute atomic E-state index is 0.177. The van der Waals surface area contributed by atoms with Crippen LogP contribution in [-0.4, -0.2) is 16.3 Å². The summed E-state index contributed by atoms with van der Waals surface area (Å²) in [4.78, 5) is 10.8. The van der Waals surface area contributed by atoms with Crippen molar-refractivity contribution in [2.45, 2.75) is 31.8 Å². The summed E-state index contributed by atoms with van der Waals surface area (Å²) in [5.74, 6) is 1.24. The second-order valence-electron chi connectivity index (χ2n) is 3.16. The number of thioether (sulfide) groups is 1. The molecule has 0 radical (unpaired) electrons. The van der Waals surface area contributed by atoms with E-state index in [0.29, 0.717) is 5.75 Å². The molecule has 2 N–H and O–H groups in total. The van der Waals surface area contributed by atoms with Crippen molar-refractivity contribution in [3.63, 3.8) is 0 Å². The highest BCUT2D eigenvalue weighted by Gasteiger charge is 2.13. The summed E-state index contributed by atoms with van der Waals surface area (Å²) in [6.45, 7) is 5.55. The van der Waals surface area contributed by atoms with E-state index in [1.807, 2.05) is 13.8 Å². The molecule has 0 fully saturated rings. The summed E-state index contributed by atoms with van der Waals surface area (Å²) in [5.41, 5.74) is 7.09. The molecular formula is C9H14N2O2S. The summed E-state index contributed by atoms with van der Waals surface area (Å²) in [6, 6.07) is 0. The van der Waals surface area contributed by atoms with E-state index < -0.39 is 0 Å². The van der Waals surface area contributed by atoms with Gasteiger partial charge in [0.15, 0.2) is 0 Å². The van der Waals surface area contributed by atoms with Crippen molar-refractivity contribution >= 4 is 17.7 Å². The van der Waals surface area contributed by atoms with Gasteiger partial charge in [0.05, 0.1) is 10.9 Å². The first-order valence-corrected chi connectivity index (χ1v) is 5.40. The van der Waals surface area contributed by atoms with E-state index in [9.17, 15) is 4.79 Å². The molecule has 0 spiro atoms. The van der Waals surface area contributed by atoms with Gasteiger partial charge in [0.2, 0.25) is 5.91 Å². The fourth-order valence-electron chi connectivity index (χ4n) is 0.998. The van der Waals surface area contributed by atoms with E-state index in [0.717, 1.165) is 17.0 Å². The highest BCUT2D eigenvalue weighted by molar-refractivity contribution is 7.99. The Morgan fingerprint density at radius 1 is 1.64 bits per heavy atom. The molecule has 5 heteroatoms. The molecule has 1 amide bonds. The zero-order valence-corrected chi connectivity index (χ0v) is 9.35. The molecule has 1 aromatic rings. The minimum atomic E-state index is -0.290. The predicted octanol–water partition coefficient (Wildman–Crippen LogP) is 1.40. The van der Waals surface area contributed by atoms with Crippen molar-refractivity contribution in [2.75, 3.05) is 0 Å². The largest absolute Gasteiger partial charge is 0.369 e. The number of primary amides is 1. The van der Waals surface area contributed by atoms with Gasteiger partial charge in [-0.3, -0.25) is 4.79 Å². The van der Waals surface area contributed by atoms with Gasteiger partial charge in [-0.2, -0.15) is 0 Å². The first-order valence-electron chi connectivity index (χ1n) is 4.35. The van der Waals surface area contributed by atoms with Crippen LogP contribution in [0.5, 0.6) is 0 Å². The first kappa shape index (κ1) is 11.1. The quantitative estimate of drug-likeness (QED) is 0.822. The summed E-state index contributed by atoms with van der Waals surface area (Å²) < 4.78 is 5.01. The monoisotopic (exact) mass is 214 g/mol. The topological polar surface area (TPSA) is 69.1 Å². The lowest BCUT2D eigenvalue weighted by Gasteiger charge is -2.05. The Hall–Kier alpha value is -0.970. The molecule has 14 heavy (non-hydrogen) atoms. The highest BCUT2D eigenvalue weighted by Crippen LogP contribution is 2.22. The Kier molecular flexibility index (Phi) is 3.57. The number of rotatable bonds is 4. The van der Waals surface area contributed by atoms with Crippen LogP contribution in [0.4, 0.5) is 0 Å². The molecule has 4 nitrogen and oxygen atoms in total. The van der Waals surface area contributed by atoms with Crippen LogP contribution in [0, 0.1) is 13.8 Å². The Morgan fingerprint density at radius 2 is 2.29 bits per heavy atom. The molecule has 1 rings (SSSR count). The standard InChI is InChI=1S/C9H14N2O2S/c1-5-8(6(2)13-11-5)4-14-7(3)9(10)12/h7H,4H2,1-3H3,(H2,10,12)/t7-/m0/s1. The summed E-state index contributed by atoms with van der Waals surface area (Å²) in [6.07, 6.45) is 0. The number of amides is 1. The van der Waals surface area contributed by atoms with Crippen LogP contribution in [0.2, 0.25) is 0 Å². The van der Waals surface area contributed by atoms with Crippen LogP contribution in [0.25, 0.3) is 0 Å². The average molecular weight is 214 g/mol. The molecule has 0 saturated heterocycles. The summed E-state index contributed by atoms with van der Waals surface area (Å²) >= 11 is 1.50. The number of nitrogens with two attached hydrogens (primary N) is 1. The lowest BCUT2D eigenvalue weighted by Crippen LogP contribution is -2.22. The van der Waals surface area contributed by atoms with Crippen LogP contribution in [0.1, 0.15) is 23.9 Å². The zero-order valence-electron chi connectivity index (χ0n) is 8.53. The van der Waals surface area contributed by atoms with Crippen molar-refractivity contribution in [3.8, 4) is 0 Å². The van der Waals surface area contributed by atoms with Crippen LogP contribution < -0.4 is 5.73 Å². The van der Waals surface area contributed by atoms with Crippen LogP contribution in [-0.2, 0) is 10.5 Å². The molecule has 0 aromatic carbocycles. The van der Waals surface area contributed by atoms with Crippen molar-refractivity contribution in [2.24, 2.45) is 5.73 Å². The predicted molar refractivity (Wildman–Crippen MR) is 55.9 cm³/mol. The maximum Gasteiger partial charge on any atom is 0.230 e. The van der Waals surface area contributed by atoms with Crippen LogP contribution >= 0.6 is 11.8 Å². The molecule has 78 valence electrons. The Labute approximate surface area is 87.2 Å². The second kappa shape index (κ2) is 4.50. The van der Waals surface area contributed by atoms with Crippen molar-refractivity contribution in [1.82, 2.24) is 5.16 Å².